The molecule has 1 aliphatic rings. The van der Waals surface area contributed by atoms with E-state index in [4.69, 9.17) is 4.74 Å². The lowest BCUT2D eigenvalue weighted by Crippen LogP contribution is -2.30. The molecule has 0 bridgehead atoms. The van der Waals surface area contributed by atoms with Crippen molar-refractivity contribution in [1.29, 1.82) is 0 Å². The number of nitrogens with zero attached hydrogens (tertiary/aromatic N) is 4. The van der Waals surface area contributed by atoms with Crippen LogP contribution < -0.4 is 10.3 Å². The highest BCUT2D eigenvalue weighted by Gasteiger charge is 2.34. The molecule has 6 heteroatoms. The summed E-state index contributed by atoms with van der Waals surface area (Å²) in [4.78, 5) is 26.8. The van der Waals surface area contributed by atoms with Crippen LogP contribution in [0.3, 0.4) is 0 Å². The van der Waals surface area contributed by atoms with Gasteiger partial charge in [0.15, 0.2) is 5.65 Å². The molecule has 28 heavy (non-hydrogen) atoms. The van der Waals surface area contributed by atoms with Gasteiger partial charge in [-0.15, -0.1) is 0 Å². The Kier molecular flexibility index (Phi) is 4.87. The maximum atomic E-state index is 13.1. The molecule has 0 spiro atoms. The van der Waals surface area contributed by atoms with Crippen LogP contribution in [0.1, 0.15) is 50.0 Å². The molecule has 0 N–H and O–H groups in total. The van der Waals surface area contributed by atoms with E-state index in [1.807, 2.05) is 29.7 Å². The first-order chi connectivity index (χ1) is 13.5. The average molecular weight is 378 g/mol. The van der Waals surface area contributed by atoms with Gasteiger partial charge in [-0.3, -0.25) is 9.36 Å². The van der Waals surface area contributed by atoms with Crippen molar-refractivity contribution in [2.75, 3.05) is 7.11 Å². The van der Waals surface area contributed by atoms with Crippen LogP contribution in [-0.4, -0.2) is 26.6 Å². The zero-order chi connectivity index (χ0) is 19.8. The molecule has 4 rings (SSSR count). The maximum absolute atomic E-state index is 13.1. The van der Waals surface area contributed by atoms with Gasteiger partial charge in [0.25, 0.3) is 5.56 Å². The second kappa shape index (κ2) is 7.34. The van der Waals surface area contributed by atoms with Gasteiger partial charge < -0.3 is 4.74 Å². The summed E-state index contributed by atoms with van der Waals surface area (Å²) in [5.74, 6) is 1.15. The molecular weight excluding hydrogens is 352 g/mol. The summed E-state index contributed by atoms with van der Waals surface area (Å²) in [6.07, 6.45) is 6.16. The minimum atomic E-state index is -0.0212. The van der Waals surface area contributed by atoms with Crippen molar-refractivity contribution in [2.45, 2.75) is 52.5 Å². The van der Waals surface area contributed by atoms with Gasteiger partial charge in [0.1, 0.15) is 11.2 Å². The standard InChI is InChI=1S/C22H26N4O2/c1-5-6-18(15-7-8-15)26-21-20(25-14(3)22(26)27)17(11-12-23-21)16-9-10-19(28-4)24-13(16)2/h9-12,15,18H,5-8H2,1-4H3/t18-/m1/s1. The number of methoxy groups -OCH3 is 1. The molecule has 1 fully saturated rings. The smallest absolute Gasteiger partial charge is 0.273 e. The number of pyridine rings is 2. The Bertz CT molecular complexity index is 1090. The van der Waals surface area contributed by atoms with Crippen molar-refractivity contribution in [1.82, 2.24) is 19.5 Å². The monoisotopic (exact) mass is 378 g/mol. The Morgan fingerprint density at radius 3 is 2.57 bits per heavy atom. The topological polar surface area (TPSA) is 69.9 Å². The van der Waals surface area contributed by atoms with E-state index >= 15 is 0 Å². The summed E-state index contributed by atoms with van der Waals surface area (Å²) in [5, 5.41) is 0. The average Bonchev–Trinajstić information content (AvgIpc) is 3.53. The number of rotatable bonds is 6. The van der Waals surface area contributed by atoms with Gasteiger partial charge >= 0.3 is 0 Å². The highest BCUT2D eigenvalue weighted by molar-refractivity contribution is 5.90. The van der Waals surface area contributed by atoms with E-state index in [-0.39, 0.29) is 11.6 Å². The molecular formula is C22H26N4O2. The third kappa shape index (κ3) is 3.17. The molecule has 3 heterocycles. The fourth-order valence-corrected chi connectivity index (χ4v) is 4.03. The number of aromatic nitrogens is 4. The number of hydrogen-bond donors (Lipinski definition) is 0. The van der Waals surface area contributed by atoms with Crippen molar-refractivity contribution in [2.24, 2.45) is 5.92 Å². The van der Waals surface area contributed by atoms with Crippen LogP contribution in [0.25, 0.3) is 22.3 Å². The van der Waals surface area contributed by atoms with Gasteiger partial charge in [-0.25, -0.2) is 15.0 Å². The summed E-state index contributed by atoms with van der Waals surface area (Å²) >= 11 is 0. The van der Waals surface area contributed by atoms with Crippen molar-refractivity contribution in [3.05, 3.63) is 46.1 Å². The van der Waals surface area contributed by atoms with Crippen LogP contribution in [0.2, 0.25) is 0 Å². The summed E-state index contributed by atoms with van der Waals surface area (Å²) < 4.78 is 7.15. The van der Waals surface area contributed by atoms with Crippen LogP contribution >= 0.6 is 0 Å². The number of fused-ring (bicyclic) bond motifs is 1. The summed E-state index contributed by atoms with van der Waals surface area (Å²) in [6, 6.07) is 5.99. The molecule has 0 aliphatic heterocycles. The molecule has 1 aliphatic carbocycles. The van der Waals surface area contributed by atoms with Crippen LogP contribution in [0.15, 0.2) is 29.2 Å². The SMILES string of the molecule is CCC[C@H](C1CC1)n1c(=O)c(C)nc2c(-c3ccc(OC)nc3C)ccnc21. The van der Waals surface area contributed by atoms with Gasteiger partial charge in [0.05, 0.1) is 7.11 Å². The Morgan fingerprint density at radius 2 is 1.93 bits per heavy atom. The minimum absolute atomic E-state index is 0.0212. The first kappa shape index (κ1) is 18.6. The predicted octanol–water partition coefficient (Wildman–Crippen LogP) is 4.23. The molecule has 0 radical (unpaired) electrons. The predicted molar refractivity (Wildman–Crippen MR) is 110 cm³/mol. The molecule has 0 amide bonds. The van der Waals surface area contributed by atoms with Crippen molar-refractivity contribution in [3.8, 4) is 17.0 Å². The van der Waals surface area contributed by atoms with Crippen molar-refractivity contribution >= 4 is 11.2 Å². The largest absolute Gasteiger partial charge is 0.481 e. The molecule has 146 valence electrons. The number of hydrogen-bond acceptors (Lipinski definition) is 5. The molecule has 6 nitrogen and oxygen atoms in total. The van der Waals surface area contributed by atoms with Gasteiger partial charge in [-0.1, -0.05) is 13.3 Å². The fourth-order valence-electron chi connectivity index (χ4n) is 4.03. The normalized spacial score (nSPS) is 15.0. The van der Waals surface area contributed by atoms with Crippen molar-refractivity contribution in [3.63, 3.8) is 0 Å². The van der Waals surface area contributed by atoms with Crippen LogP contribution in [0.4, 0.5) is 0 Å². The Labute approximate surface area is 164 Å². The lowest BCUT2D eigenvalue weighted by atomic mass is 10.0. The molecule has 0 unspecified atom stereocenters. The first-order valence-electron chi connectivity index (χ1n) is 9.95. The lowest BCUT2D eigenvalue weighted by Gasteiger charge is -2.22. The van der Waals surface area contributed by atoms with E-state index in [0.717, 1.165) is 35.2 Å². The fraction of sp³-hybridized carbons (Fsp3) is 0.455. The molecule has 0 aromatic carbocycles. The quantitative estimate of drug-likeness (QED) is 0.642. The van der Waals surface area contributed by atoms with Crippen LogP contribution in [0, 0.1) is 19.8 Å². The second-order valence-corrected chi connectivity index (χ2v) is 7.58. The zero-order valence-corrected chi connectivity index (χ0v) is 16.9. The Balaban J connectivity index is 1.97. The lowest BCUT2D eigenvalue weighted by molar-refractivity contribution is 0.397. The summed E-state index contributed by atoms with van der Waals surface area (Å²) in [7, 11) is 1.61. The molecule has 1 saturated carbocycles. The Morgan fingerprint density at radius 1 is 1.14 bits per heavy atom. The van der Waals surface area contributed by atoms with Gasteiger partial charge in [0, 0.05) is 35.1 Å². The molecule has 0 saturated heterocycles. The zero-order valence-electron chi connectivity index (χ0n) is 16.9. The van der Waals surface area contributed by atoms with Crippen molar-refractivity contribution < 1.29 is 4.74 Å². The number of ether oxygens (including phenoxy) is 1. The highest BCUT2D eigenvalue weighted by Crippen LogP contribution is 2.42. The number of aryl methyl sites for hydroxylation is 2. The van der Waals surface area contributed by atoms with E-state index in [1.54, 1.807) is 20.2 Å². The minimum Gasteiger partial charge on any atom is -0.481 e. The maximum Gasteiger partial charge on any atom is 0.273 e. The van der Waals surface area contributed by atoms with E-state index in [0.29, 0.717) is 23.1 Å². The Hall–Kier alpha value is -2.76. The first-order valence-corrected chi connectivity index (χ1v) is 9.95. The van der Waals surface area contributed by atoms with Gasteiger partial charge in [0.2, 0.25) is 5.88 Å². The summed E-state index contributed by atoms with van der Waals surface area (Å²) in [5.41, 5.74) is 4.71. The summed E-state index contributed by atoms with van der Waals surface area (Å²) in [6.45, 7) is 5.92. The molecule has 3 aromatic heterocycles. The molecule has 1 atom stereocenters. The van der Waals surface area contributed by atoms with Gasteiger partial charge in [-0.05, 0) is 51.2 Å². The van der Waals surface area contributed by atoms with E-state index < -0.39 is 0 Å². The van der Waals surface area contributed by atoms with Crippen LogP contribution in [-0.2, 0) is 0 Å². The second-order valence-electron chi connectivity index (χ2n) is 7.58. The third-order valence-corrected chi connectivity index (χ3v) is 5.58. The third-order valence-electron chi connectivity index (χ3n) is 5.58. The van der Waals surface area contributed by atoms with E-state index in [9.17, 15) is 4.79 Å². The van der Waals surface area contributed by atoms with Gasteiger partial charge in [-0.2, -0.15) is 0 Å². The van der Waals surface area contributed by atoms with E-state index in [1.165, 1.54) is 12.8 Å². The highest BCUT2D eigenvalue weighted by atomic mass is 16.5. The van der Waals surface area contributed by atoms with Crippen LogP contribution in [0.5, 0.6) is 5.88 Å². The molecule has 3 aromatic rings. The van der Waals surface area contributed by atoms with E-state index in [2.05, 4.69) is 21.9 Å².